The number of furan rings is 1. The highest BCUT2D eigenvalue weighted by atomic mass is 32.2. The van der Waals surface area contributed by atoms with Crippen LogP contribution in [0.2, 0.25) is 0 Å². The van der Waals surface area contributed by atoms with Crippen molar-refractivity contribution < 1.29 is 9.21 Å². The molecular formula is C23H19NO2S. The van der Waals surface area contributed by atoms with Crippen LogP contribution in [0.3, 0.4) is 0 Å². The van der Waals surface area contributed by atoms with Gasteiger partial charge in [-0.25, -0.2) is 0 Å². The molecule has 0 unspecified atom stereocenters. The van der Waals surface area contributed by atoms with Crippen molar-refractivity contribution in [2.75, 3.05) is 5.32 Å². The zero-order valence-corrected chi connectivity index (χ0v) is 15.5. The first-order chi connectivity index (χ1) is 13.3. The number of benzene rings is 2. The Kier molecular flexibility index (Phi) is 4.13. The number of rotatable bonds is 2. The first-order valence-electron chi connectivity index (χ1n) is 9.15. The Bertz CT molecular complexity index is 994. The van der Waals surface area contributed by atoms with E-state index >= 15 is 0 Å². The summed E-state index contributed by atoms with van der Waals surface area (Å²) < 4.78 is 5.72. The smallest absolute Gasteiger partial charge is 0.144 e. The highest BCUT2D eigenvalue weighted by Crippen LogP contribution is 2.51. The molecule has 3 aromatic rings. The minimum absolute atomic E-state index is 0.0633. The molecule has 0 bridgehead atoms. The van der Waals surface area contributed by atoms with E-state index in [9.17, 15) is 4.79 Å². The minimum Gasteiger partial charge on any atom is -0.468 e. The lowest BCUT2D eigenvalue weighted by Gasteiger charge is -2.30. The summed E-state index contributed by atoms with van der Waals surface area (Å²) in [6.45, 7) is 0. The molecule has 0 amide bonds. The van der Waals surface area contributed by atoms with E-state index in [0.29, 0.717) is 6.42 Å². The van der Waals surface area contributed by atoms with E-state index < -0.39 is 0 Å². The van der Waals surface area contributed by atoms with Crippen LogP contribution < -0.4 is 5.32 Å². The third-order valence-corrected chi connectivity index (χ3v) is 6.63. The van der Waals surface area contributed by atoms with Gasteiger partial charge in [-0.05, 0) is 29.8 Å². The van der Waals surface area contributed by atoms with Crippen LogP contribution in [0.4, 0.5) is 5.69 Å². The van der Waals surface area contributed by atoms with Crippen LogP contribution in [-0.2, 0) is 4.79 Å². The van der Waals surface area contributed by atoms with Crippen LogP contribution in [0, 0.1) is 5.92 Å². The van der Waals surface area contributed by atoms with Crippen LogP contribution in [0.25, 0.3) is 0 Å². The van der Waals surface area contributed by atoms with Crippen molar-refractivity contribution in [2.24, 2.45) is 5.92 Å². The quantitative estimate of drug-likeness (QED) is 0.617. The molecule has 3 nitrogen and oxygen atoms in total. The van der Waals surface area contributed by atoms with Crippen LogP contribution in [0.15, 0.2) is 94.1 Å². The fourth-order valence-corrected chi connectivity index (χ4v) is 5.33. The molecule has 2 aromatic carbocycles. The largest absolute Gasteiger partial charge is 0.468 e. The monoisotopic (exact) mass is 373 g/mol. The number of anilines is 1. The van der Waals surface area contributed by atoms with Crippen LogP contribution in [0.5, 0.6) is 0 Å². The van der Waals surface area contributed by atoms with Crippen molar-refractivity contribution in [1.82, 2.24) is 0 Å². The fourth-order valence-electron chi connectivity index (χ4n) is 3.97. The number of para-hydroxylation sites is 1. The fraction of sp³-hybridized carbons (Fsp3) is 0.174. The molecule has 1 aliphatic carbocycles. The third kappa shape index (κ3) is 3.00. The molecule has 0 spiro atoms. The molecule has 4 heteroatoms. The van der Waals surface area contributed by atoms with E-state index in [0.717, 1.165) is 22.0 Å². The van der Waals surface area contributed by atoms with E-state index in [1.807, 2.05) is 42.5 Å². The van der Waals surface area contributed by atoms with Crippen LogP contribution in [0.1, 0.15) is 28.9 Å². The molecule has 1 N–H and O–H groups in total. The number of hydrogen-bond acceptors (Lipinski definition) is 4. The van der Waals surface area contributed by atoms with E-state index in [-0.39, 0.29) is 22.9 Å². The number of ketones is 1. The zero-order valence-electron chi connectivity index (χ0n) is 14.7. The maximum atomic E-state index is 13.3. The molecular weight excluding hydrogens is 354 g/mol. The van der Waals surface area contributed by atoms with Crippen molar-refractivity contribution in [3.63, 3.8) is 0 Å². The van der Waals surface area contributed by atoms with Crippen LogP contribution >= 0.6 is 11.8 Å². The number of carbonyl (C=O) groups is 1. The summed E-state index contributed by atoms with van der Waals surface area (Å²) in [6.07, 6.45) is 4.44. The van der Waals surface area contributed by atoms with Gasteiger partial charge in [-0.15, -0.1) is 11.8 Å². The molecule has 27 heavy (non-hydrogen) atoms. The normalized spacial score (nSPS) is 24.2. The molecule has 0 saturated heterocycles. The summed E-state index contributed by atoms with van der Waals surface area (Å²) in [7, 11) is 0. The first-order valence-corrected chi connectivity index (χ1v) is 10.0. The Balaban J connectivity index is 1.63. The van der Waals surface area contributed by atoms with E-state index in [2.05, 4.69) is 35.7 Å². The molecule has 5 rings (SSSR count). The van der Waals surface area contributed by atoms with Gasteiger partial charge in [0.1, 0.15) is 11.5 Å². The number of hydrogen-bond donors (Lipinski definition) is 1. The summed E-state index contributed by atoms with van der Waals surface area (Å²) >= 11 is 1.70. The summed E-state index contributed by atoms with van der Waals surface area (Å²) in [5.74, 6) is 0.981. The van der Waals surface area contributed by atoms with E-state index in [1.165, 1.54) is 5.56 Å². The Morgan fingerprint density at radius 1 is 0.963 bits per heavy atom. The van der Waals surface area contributed by atoms with Gasteiger partial charge in [0, 0.05) is 22.9 Å². The Labute approximate surface area is 162 Å². The van der Waals surface area contributed by atoms with Gasteiger partial charge >= 0.3 is 0 Å². The van der Waals surface area contributed by atoms with Crippen molar-refractivity contribution in [3.05, 3.63) is 96.1 Å². The Morgan fingerprint density at radius 3 is 2.59 bits per heavy atom. The summed E-state index contributed by atoms with van der Waals surface area (Å²) in [5.41, 5.74) is 3.21. The third-order valence-electron chi connectivity index (χ3n) is 5.26. The van der Waals surface area contributed by atoms with E-state index in [1.54, 1.807) is 18.0 Å². The van der Waals surface area contributed by atoms with Gasteiger partial charge in [-0.2, -0.15) is 0 Å². The molecule has 2 aliphatic rings. The van der Waals surface area contributed by atoms with Crippen LogP contribution in [-0.4, -0.2) is 5.78 Å². The summed E-state index contributed by atoms with van der Waals surface area (Å²) in [4.78, 5) is 14.4. The number of allylic oxidation sites excluding steroid dienone is 2. The lowest BCUT2D eigenvalue weighted by Crippen LogP contribution is -2.30. The molecule has 3 atom stereocenters. The lowest BCUT2D eigenvalue weighted by molar-refractivity contribution is -0.122. The number of carbonyl (C=O) groups excluding carboxylic acids is 1. The maximum Gasteiger partial charge on any atom is 0.144 e. The maximum absolute atomic E-state index is 13.3. The highest BCUT2D eigenvalue weighted by molar-refractivity contribution is 7.99. The second kappa shape index (κ2) is 6.78. The summed E-state index contributed by atoms with van der Waals surface area (Å²) in [5, 5.41) is 3.50. The van der Waals surface area contributed by atoms with Crippen molar-refractivity contribution >= 4 is 23.2 Å². The Hall–Kier alpha value is -2.72. The van der Waals surface area contributed by atoms with Gasteiger partial charge < -0.3 is 9.73 Å². The number of thioether (sulfide) groups is 1. The molecule has 1 aliphatic heterocycles. The van der Waals surface area contributed by atoms with Gasteiger partial charge in [-0.3, -0.25) is 4.79 Å². The molecule has 0 fully saturated rings. The summed E-state index contributed by atoms with van der Waals surface area (Å²) in [6, 6.07) is 22.3. The highest BCUT2D eigenvalue weighted by Gasteiger charge is 2.41. The van der Waals surface area contributed by atoms with Crippen molar-refractivity contribution in [3.8, 4) is 0 Å². The predicted molar refractivity (Wildman–Crippen MR) is 108 cm³/mol. The topological polar surface area (TPSA) is 42.2 Å². The van der Waals surface area contributed by atoms with Crippen molar-refractivity contribution in [1.29, 1.82) is 0 Å². The second-order valence-corrected chi connectivity index (χ2v) is 8.15. The van der Waals surface area contributed by atoms with Gasteiger partial charge in [0.05, 0.1) is 23.1 Å². The van der Waals surface area contributed by atoms with Gasteiger partial charge in [0.2, 0.25) is 0 Å². The lowest BCUT2D eigenvalue weighted by atomic mass is 9.79. The average Bonchev–Trinajstić information content (AvgIpc) is 3.17. The Morgan fingerprint density at radius 2 is 1.78 bits per heavy atom. The van der Waals surface area contributed by atoms with Gasteiger partial charge in [-0.1, -0.05) is 48.5 Å². The SMILES string of the molecule is O=C1C[C@@H](c2ccccc2)C=C2Nc3ccccc3S[C@H](c3ccco3)[C@H]12. The zero-order chi connectivity index (χ0) is 18.2. The number of Topliss-reactive ketones (excluding diaryl/α,β-unsaturated/α-hetero) is 1. The average molecular weight is 373 g/mol. The molecule has 0 radical (unpaired) electrons. The molecule has 1 aromatic heterocycles. The van der Waals surface area contributed by atoms with Gasteiger partial charge in [0.15, 0.2) is 0 Å². The van der Waals surface area contributed by atoms with Gasteiger partial charge in [0.25, 0.3) is 0 Å². The number of nitrogens with one attached hydrogen (secondary N) is 1. The molecule has 2 heterocycles. The minimum atomic E-state index is -0.228. The molecule has 0 saturated carbocycles. The standard InChI is InChI=1S/C23H19NO2S/c25-19-14-16(15-7-2-1-3-8-15)13-18-22(19)23(20-10-6-12-26-20)27-21-11-5-4-9-17(21)24-18/h1-13,16,22-24H,14H2/t16-,22-,23+/m0/s1. The second-order valence-electron chi connectivity index (χ2n) is 6.96. The van der Waals surface area contributed by atoms with Crippen molar-refractivity contribution in [2.45, 2.75) is 22.5 Å². The van der Waals surface area contributed by atoms with E-state index in [4.69, 9.17) is 4.42 Å². The first kappa shape index (κ1) is 16.5. The predicted octanol–water partition coefficient (Wildman–Crippen LogP) is 5.80. The number of fused-ring (bicyclic) bond motifs is 2. The molecule has 134 valence electrons.